The highest BCUT2D eigenvalue weighted by Crippen LogP contribution is 2.38. The lowest BCUT2D eigenvalue weighted by Crippen LogP contribution is -2.49. The molecule has 2 aromatic carbocycles. The summed E-state index contributed by atoms with van der Waals surface area (Å²) in [7, 11) is 0. The number of nitrogens with zero attached hydrogens (tertiary/aromatic N) is 4. The minimum Gasteiger partial charge on any atom is -0.397 e. The normalized spacial score (nSPS) is 21.3. The molecule has 2 N–H and O–H groups in total. The van der Waals surface area contributed by atoms with Crippen LogP contribution in [0.4, 0.5) is 17.1 Å². The molecule has 1 amide bonds. The van der Waals surface area contributed by atoms with E-state index in [0.29, 0.717) is 36.2 Å². The number of para-hydroxylation sites is 1. The number of pyridine rings is 1. The minimum atomic E-state index is 0.0101. The van der Waals surface area contributed by atoms with E-state index in [1.165, 1.54) is 0 Å². The number of fused-ring (bicyclic) bond motifs is 4. The fraction of sp³-hybridized carbons (Fsp3) is 0.357. The smallest absolute Gasteiger partial charge is 0.254 e. The van der Waals surface area contributed by atoms with Crippen LogP contribution in [0.2, 0.25) is 5.02 Å². The molecule has 0 radical (unpaired) electrons. The van der Waals surface area contributed by atoms with Crippen LogP contribution in [0.15, 0.2) is 65.5 Å². The van der Waals surface area contributed by atoms with Crippen LogP contribution < -0.4 is 21.1 Å². The Kier molecular flexibility index (Phi) is 5.88. The first-order valence-corrected chi connectivity index (χ1v) is 13.0. The fourth-order valence-electron chi connectivity index (χ4n) is 6.11. The second-order valence-electron chi connectivity index (χ2n) is 10.1. The van der Waals surface area contributed by atoms with Crippen LogP contribution in [0.3, 0.4) is 0 Å². The van der Waals surface area contributed by atoms with Gasteiger partial charge in [0.25, 0.3) is 11.5 Å². The van der Waals surface area contributed by atoms with E-state index in [-0.39, 0.29) is 11.5 Å². The highest BCUT2D eigenvalue weighted by Gasteiger charge is 2.35. The third kappa shape index (κ3) is 4.11. The number of nitrogens with two attached hydrogens (primary N) is 1. The summed E-state index contributed by atoms with van der Waals surface area (Å²) in [6, 6.07) is 19.1. The predicted octanol–water partition coefficient (Wildman–Crippen LogP) is 3.67. The first-order valence-electron chi connectivity index (χ1n) is 12.6. The number of piperazine rings is 1. The summed E-state index contributed by atoms with van der Waals surface area (Å²) in [6.07, 6.45) is 1.09. The Balaban J connectivity index is 1.15. The monoisotopic (exact) mass is 503 g/mol. The first-order chi connectivity index (χ1) is 17.5. The average Bonchev–Trinajstić information content (AvgIpc) is 2.89. The van der Waals surface area contributed by atoms with Gasteiger partial charge in [0.05, 0.1) is 22.1 Å². The maximum atomic E-state index is 13.3. The van der Waals surface area contributed by atoms with Crippen LogP contribution in [0.5, 0.6) is 0 Å². The molecule has 36 heavy (non-hydrogen) atoms. The molecule has 6 rings (SSSR count). The Labute approximate surface area is 215 Å². The third-order valence-corrected chi connectivity index (χ3v) is 8.17. The van der Waals surface area contributed by atoms with Gasteiger partial charge in [-0.1, -0.05) is 29.8 Å². The van der Waals surface area contributed by atoms with Crippen molar-refractivity contribution in [3.05, 3.63) is 87.3 Å². The maximum Gasteiger partial charge on any atom is 0.254 e. The zero-order valence-electron chi connectivity index (χ0n) is 20.1. The van der Waals surface area contributed by atoms with Crippen molar-refractivity contribution in [1.29, 1.82) is 0 Å². The van der Waals surface area contributed by atoms with Crippen molar-refractivity contribution < 1.29 is 4.79 Å². The Bertz CT molecular complexity index is 1360. The van der Waals surface area contributed by atoms with Gasteiger partial charge in [0.2, 0.25) is 0 Å². The van der Waals surface area contributed by atoms with E-state index >= 15 is 0 Å². The van der Waals surface area contributed by atoms with Crippen molar-refractivity contribution in [1.82, 2.24) is 9.47 Å². The molecule has 2 unspecified atom stereocenters. The molecule has 0 saturated carbocycles. The summed E-state index contributed by atoms with van der Waals surface area (Å²) < 4.78 is 1.94. The Hall–Kier alpha value is -3.45. The molecule has 2 saturated heterocycles. The number of amides is 1. The van der Waals surface area contributed by atoms with Crippen LogP contribution in [0, 0.1) is 5.92 Å². The van der Waals surface area contributed by atoms with Gasteiger partial charge in [0.1, 0.15) is 0 Å². The van der Waals surface area contributed by atoms with Gasteiger partial charge in [-0.05, 0) is 48.7 Å². The summed E-state index contributed by atoms with van der Waals surface area (Å²) in [5.41, 5.74) is 10.9. The van der Waals surface area contributed by atoms with Crippen molar-refractivity contribution in [2.24, 2.45) is 5.92 Å². The van der Waals surface area contributed by atoms with Gasteiger partial charge in [-0.25, -0.2) is 0 Å². The highest BCUT2D eigenvalue weighted by molar-refractivity contribution is 6.33. The standard InChI is InChI=1S/C28H30ClN5O2/c29-22-4-1-2-5-25(22)31-10-12-32(13-11-31)28(36)20-8-9-26(23(30)15-20)33-16-19-14-21(18-33)24-6-3-7-27(35)34(24)17-19/h1-9,15,19,21H,10-14,16-18,30H2. The quantitative estimate of drug-likeness (QED) is 0.552. The Morgan fingerprint density at radius 2 is 1.67 bits per heavy atom. The average molecular weight is 504 g/mol. The lowest BCUT2D eigenvalue weighted by molar-refractivity contribution is 0.0747. The fourth-order valence-corrected chi connectivity index (χ4v) is 6.37. The van der Waals surface area contributed by atoms with Gasteiger partial charge in [-0.3, -0.25) is 9.59 Å². The molecule has 0 aliphatic carbocycles. The molecular formula is C28H30ClN5O2. The van der Waals surface area contributed by atoms with Crippen LogP contribution in [0.25, 0.3) is 0 Å². The number of halogens is 1. The van der Waals surface area contributed by atoms with Gasteiger partial charge < -0.3 is 25.0 Å². The minimum absolute atomic E-state index is 0.0101. The van der Waals surface area contributed by atoms with E-state index in [9.17, 15) is 9.59 Å². The molecule has 1 aromatic heterocycles. The Morgan fingerprint density at radius 3 is 2.44 bits per heavy atom. The number of rotatable bonds is 3. The van der Waals surface area contributed by atoms with Crippen LogP contribution in [0.1, 0.15) is 28.4 Å². The molecule has 4 heterocycles. The van der Waals surface area contributed by atoms with Gasteiger partial charge in [-0.2, -0.15) is 0 Å². The molecular weight excluding hydrogens is 474 g/mol. The van der Waals surface area contributed by atoms with E-state index in [2.05, 4.69) is 15.9 Å². The van der Waals surface area contributed by atoms with E-state index in [4.69, 9.17) is 17.3 Å². The first kappa shape index (κ1) is 23.0. The second kappa shape index (κ2) is 9.21. The zero-order valence-corrected chi connectivity index (χ0v) is 20.9. The van der Waals surface area contributed by atoms with Crippen molar-refractivity contribution in [3.63, 3.8) is 0 Å². The molecule has 3 aliphatic rings. The number of carbonyl (C=O) groups excluding carboxylic acids is 1. The molecule has 2 bridgehead atoms. The third-order valence-electron chi connectivity index (χ3n) is 7.85. The summed E-state index contributed by atoms with van der Waals surface area (Å²) in [5, 5.41) is 0.734. The number of nitrogen functional groups attached to an aromatic ring is 1. The molecule has 2 fully saturated rings. The zero-order chi connectivity index (χ0) is 24.8. The molecule has 2 atom stereocenters. The largest absolute Gasteiger partial charge is 0.397 e. The maximum absolute atomic E-state index is 13.3. The van der Waals surface area contributed by atoms with Crippen LogP contribution in [-0.2, 0) is 6.54 Å². The van der Waals surface area contributed by atoms with Gasteiger partial charge in [0, 0.05) is 69.1 Å². The highest BCUT2D eigenvalue weighted by atomic mass is 35.5. The van der Waals surface area contributed by atoms with Crippen molar-refractivity contribution in [2.75, 3.05) is 54.8 Å². The summed E-state index contributed by atoms with van der Waals surface area (Å²) >= 11 is 6.36. The lowest BCUT2D eigenvalue weighted by Gasteiger charge is -2.44. The lowest BCUT2D eigenvalue weighted by atomic mass is 9.83. The van der Waals surface area contributed by atoms with Crippen molar-refractivity contribution in [3.8, 4) is 0 Å². The predicted molar refractivity (Wildman–Crippen MR) is 144 cm³/mol. The van der Waals surface area contributed by atoms with E-state index in [1.54, 1.807) is 6.07 Å². The molecule has 7 nitrogen and oxygen atoms in total. The van der Waals surface area contributed by atoms with Crippen LogP contribution >= 0.6 is 11.6 Å². The SMILES string of the molecule is Nc1cc(C(=O)N2CCN(c3ccccc3Cl)CC2)ccc1N1CC2CC(C1)c1cccc(=O)n1C2. The second-order valence-corrected chi connectivity index (χ2v) is 10.5. The van der Waals surface area contributed by atoms with E-state index in [0.717, 1.165) is 61.2 Å². The molecule has 186 valence electrons. The molecule has 8 heteroatoms. The molecule has 0 spiro atoms. The van der Waals surface area contributed by atoms with Crippen LogP contribution in [-0.4, -0.2) is 54.6 Å². The number of carbonyl (C=O) groups is 1. The number of piperidine rings is 1. The molecule has 3 aromatic rings. The van der Waals surface area contributed by atoms with E-state index in [1.807, 2.05) is 58.0 Å². The summed E-state index contributed by atoms with van der Waals surface area (Å²) in [6.45, 7) is 5.19. The number of benzene rings is 2. The van der Waals surface area contributed by atoms with Gasteiger partial charge >= 0.3 is 0 Å². The number of hydrogen-bond acceptors (Lipinski definition) is 5. The topological polar surface area (TPSA) is 74.8 Å². The number of hydrogen-bond donors (Lipinski definition) is 1. The van der Waals surface area contributed by atoms with E-state index < -0.39 is 0 Å². The van der Waals surface area contributed by atoms with Crippen molar-refractivity contribution in [2.45, 2.75) is 18.9 Å². The van der Waals surface area contributed by atoms with Crippen molar-refractivity contribution >= 4 is 34.6 Å². The summed E-state index contributed by atoms with van der Waals surface area (Å²) in [5.74, 6) is 0.726. The van der Waals surface area contributed by atoms with Gasteiger partial charge in [0.15, 0.2) is 0 Å². The van der Waals surface area contributed by atoms with Gasteiger partial charge in [-0.15, -0.1) is 0 Å². The number of anilines is 3. The number of aromatic nitrogens is 1. The molecule has 3 aliphatic heterocycles. The Morgan fingerprint density at radius 1 is 0.861 bits per heavy atom. The summed E-state index contributed by atoms with van der Waals surface area (Å²) in [4.78, 5) is 32.0.